The van der Waals surface area contributed by atoms with E-state index < -0.39 is 21.2 Å². The fraction of sp³-hybridized carbons (Fsp3) is 0.192. The Morgan fingerprint density at radius 1 is 1.06 bits per heavy atom. The highest BCUT2D eigenvalue weighted by Gasteiger charge is 2.41. The van der Waals surface area contributed by atoms with Crippen molar-refractivity contribution in [3.05, 3.63) is 84.4 Å². The number of aryl methyl sites for hydroxylation is 1. The molecule has 0 saturated carbocycles. The average Bonchev–Trinajstić information content (AvgIpc) is 3.17. The predicted octanol–water partition coefficient (Wildman–Crippen LogP) is 4.48. The smallest absolute Gasteiger partial charge is 0.284 e. The molecule has 3 aromatic carbocycles. The number of hydrogen-bond acceptors (Lipinski definition) is 6. The number of methoxy groups -OCH3 is 1. The third-order valence-corrected chi connectivity index (χ3v) is 8.04. The molecule has 1 heterocycles. The minimum absolute atomic E-state index is 0.00458. The zero-order chi connectivity index (χ0) is 25.7. The van der Waals surface area contributed by atoms with Crippen molar-refractivity contribution in [3.63, 3.8) is 0 Å². The van der Waals surface area contributed by atoms with Gasteiger partial charge in [0.25, 0.3) is 10.0 Å². The van der Waals surface area contributed by atoms with Gasteiger partial charge in [-0.3, -0.25) is 14.5 Å². The van der Waals surface area contributed by atoms with Crippen LogP contribution in [-0.2, 0) is 26.0 Å². The zero-order valence-corrected chi connectivity index (χ0v) is 21.4. The molecule has 0 aromatic heterocycles. The van der Waals surface area contributed by atoms with Crippen LogP contribution in [0.1, 0.15) is 18.9 Å². The van der Waals surface area contributed by atoms with Crippen LogP contribution in [0.15, 0.2) is 88.2 Å². The summed E-state index contributed by atoms with van der Waals surface area (Å²) < 4.78 is 35.3. The van der Waals surface area contributed by atoms with Gasteiger partial charge in [0, 0.05) is 18.2 Å². The molecule has 0 bridgehead atoms. The number of sulfonamides is 1. The van der Waals surface area contributed by atoms with E-state index in [0.29, 0.717) is 17.1 Å². The maximum Gasteiger partial charge on any atom is 0.284 e. The second kappa shape index (κ2) is 11.0. The summed E-state index contributed by atoms with van der Waals surface area (Å²) in [5, 5.41) is 1.92. The quantitative estimate of drug-likeness (QED) is 0.467. The number of nitrogens with one attached hydrogen (secondary N) is 1. The van der Waals surface area contributed by atoms with E-state index in [1.54, 1.807) is 66.7 Å². The predicted molar refractivity (Wildman–Crippen MR) is 142 cm³/mol. The second-order valence-electron chi connectivity index (χ2n) is 7.95. The molecular formula is C26H25N3O5S2. The summed E-state index contributed by atoms with van der Waals surface area (Å²) in [7, 11) is -2.55. The number of benzene rings is 3. The van der Waals surface area contributed by atoms with E-state index in [2.05, 4.69) is 9.71 Å². The number of nitrogens with zero attached hydrogens (tertiary/aromatic N) is 2. The summed E-state index contributed by atoms with van der Waals surface area (Å²) in [6.45, 7) is 1.98. The normalized spacial score (nSPS) is 16.8. The Bertz CT molecular complexity index is 1390. The summed E-state index contributed by atoms with van der Waals surface area (Å²) in [5.74, 6) is -0.218. The first-order valence-corrected chi connectivity index (χ1v) is 13.6. The molecule has 186 valence electrons. The first-order chi connectivity index (χ1) is 17.3. The van der Waals surface area contributed by atoms with Gasteiger partial charge in [-0.2, -0.15) is 8.42 Å². The Balaban J connectivity index is 1.60. The van der Waals surface area contributed by atoms with Crippen LogP contribution in [0.5, 0.6) is 5.75 Å². The van der Waals surface area contributed by atoms with Crippen molar-refractivity contribution >= 4 is 50.1 Å². The topological polar surface area (TPSA) is 105 Å². The Kier molecular flexibility index (Phi) is 7.76. The molecule has 0 spiro atoms. The van der Waals surface area contributed by atoms with Crippen molar-refractivity contribution < 1.29 is 22.7 Å². The van der Waals surface area contributed by atoms with Crippen LogP contribution in [0.25, 0.3) is 0 Å². The molecule has 1 atom stereocenters. The van der Waals surface area contributed by atoms with Crippen LogP contribution in [-0.4, -0.2) is 37.8 Å². The van der Waals surface area contributed by atoms with E-state index in [0.717, 1.165) is 23.7 Å². The molecule has 0 radical (unpaired) electrons. The number of hydrogen-bond donors (Lipinski definition) is 1. The van der Waals surface area contributed by atoms with Crippen LogP contribution in [0.2, 0.25) is 0 Å². The number of para-hydroxylation sites is 1. The highest BCUT2D eigenvalue weighted by Crippen LogP contribution is 2.35. The SMILES string of the molecule is CCc1ccc(S(=O)(=O)/N=C2/SC(CC(=O)Nc3cccc(OC)c3)C(=O)N2c2ccccc2)cc1. The van der Waals surface area contributed by atoms with Gasteiger partial charge in [0.1, 0.15) is 11.0 Å². The molecular weight excluding hydrogens is 498 g/mol. The van der Waals surface area contributed by atoms with E-state index in [9.17, 15) is 18.0 Å². The molecule has 0 aliphatic carbocycles. The lowest BCUT2D eigenvalue weighted by atomic mass is 10.2. The van der Waals surface area contributed by atoms with Gasteiger partial charge in [0.2, 0.25) is 11.8 Å². The molecule has 1 N–H and O–H groups in total. The van der Waals surface area contributed by atoms with Gasteiger partial charge in [-0.15, -0.1) is 4.40 Å². The average molecular weight is 524 g/mol. The highest BCUT2D eigenvalue weighted by molar-refractivity contribution is 8.16. The standard InChI is InChI=1S/C26H25N3O5S2/c1-3-18-12-14-22(15-13-18)36(32,33)28-26-29(20-9-5-4-6-10-20)25(31)23(35-26)17-24(30)27-19-8-7-11-21(16-19)34-2/h4-16,23H,3,17H2,1-2H3,(H,27,30)/b28-26+. The van der Waals surface area contributed by atoms with E-state index in [1.807, 2.05) is 6.92 Å². The molecule has 1 unspecified atom stereocenters. The van der Waals surface area contributed by atoms with E-state index in [4.69, 9.17) is 4.74 Å². The van der Waals surface area contributed by atoms with Gasteiger partial charge in [-0.25, -0.2) is 0 Å². The maximum atomic E-state index is 13.3. The van der Waals surface area contributed by atoms with Gasteiger partial charge < -0.3 is 10.1 Å². The second-order valence-corrected chi connectivity index (χ2v) is 10.7. The number of rotatable bonds is 8. The van der Waals surface area contributed by atoms with Gasteiger partial charge in [-0.1, -0.05) is 55.1 Å². The number of carbonyl (C=O) groups excluding carboxylic acids is 2. The summed E-state index contributed by atoms with van der Waals surface area (Å²) in [6.07, 6.45) is 0.620. The number of amidine groups is 1. The molecule has 1 aliphatic heterocycles. The lowest BCUT2D eigenvalue weighted by molar-refractivity contribution is -0.121. The lowest BCUT2D eigenvalue weighted by Crippen LogP contribution is -2.33. The minimum Gasteiger partial charge on any atom is -0.497 e. The van der Waals surface area contributed by atoms with E-state index >= 15 is 0 Å². The van der Waals surface area contributed by atoms with Crippen LogP contribution in [0.3, 0.4) is 0 Å². The molecule has 10 heteroatoms. The summed E-state index contributed by atoms with van der Waals surface area (Å²) in [6, 6.07) is 22.0. The molecule has 1 fully saturated rings. The molecule has 3 aromatic rings. The number of thioether (sulfide) groups is 1. The van der Waals surface area contributed by atoms with E-state index in [-0.39, 0.29) is 22.4 Å². The van der Waals surface area contributed by atoms with Crippen molar-refractivity contribution in [1.29, 1.82) is 0 Å². The van der Waals surface area contributed by atoms with Gasteiger partial charge in [0.05, 0.1) is 17.7 Å². The summed E-state index contributed by atoms with van der Waals surface area (Å²) in [4.78, 5) is 27.4. The molecule has 1 aliphatic rings. The molecule has 2 amide bonds. The fourth-order valence-electron chi connectivity index (χ4n) is 3.61. The lowest BCUT2D eigenvalue weighted by Gasteiger charge is -2.16. The number of ether oxygens (including phenoxy) is 1. The molecule has 4 rings (SSSR count). The number of carbonyl (C=O) groups is 2. The van der Waals surface area contributed by atoms with Crippen LogP contribution >= 0.6 is 11.8 Å². The number of anilines is 2. The van der Waals surface area contributed by atoms with Crippen molar-refractivity contribution in [2.45, 2.75) is 29.9 Å². The minimum atomic E-state index is -4.08. The van der Waals surface area contributed by atoms with Crippen molar-refractivity contribution in [2.75, 3.05) is 17.3 Å². The van der Waals surface area contributed by atoms with Crippen molar-refractivity contribution in [2.24, 2.45) is 4.40 Å². The van der Waals surface area contributed by atoms with Crippen molar-refractivity contribution in [3.8, 4) is 5.75 Å². The van der Waals surface area contributed by atoms with Gasteiger partial charge in [0.15, 0.2) is 5.17 Å². The summed E-state index contributed by atoms with van der Waals surface area (Å²) >= 11 is 0.959. The third-order valence-electron chi connectivity index (χ3n) is 5.50. The zero-order valence-electron chi connectivity index (χ0n) is 19.7. The molecule has 1 saturated heterocycles. The van der Waals surface area contributed by atoms with Crippen LogP contribution < -0.4 is 15.0 Å². The largest absolute Gasteiger partial charge is 0.497 e. The Morgan fingerprint density at radius 2 is 1.78 bits per heavy atom. The number of amides is 2. The van der Waals surface area contributed by atoms with Crippen molar-refractivity contribution in [1.82, 2.24) is 0 Å². The van der Waals surface area contributed by atoms with Crippen LogP contribution in [0, 0.1) is 0 Å². The summed E-state index contributed by atoms with van der Waals surface area (Å²) in [5.41, 5.74) is 2.00. The first kappa shape index (κ1) is 25.5. The van der Waals surface area contributed by atoms with Gasteiger partial charge in [-0.05, 0) is 48.4 Å². The first-order valence-electron chi connectivity index (χ1n) is 11.2. The molecule has 8 nitrogen and oxygen atoms in total. The molecule has 36 heavy (non-hydrogen) atoms. The Labute approximate surface area is 214 Å². The van der Waals surface area contributed by atoms with Crippen LogP contribution in [0.4, 0.5) is 11.4 Å². The Morgan fingerprint density at radius 3 is 2.44 bits per heavy atom. The van der Waals surface area contributed by atoms with Gasteiger partial charge >= 0.3 is 0 Å². The van der Waals surface area contributed by atoms with E-state index in [1.165, 1.54) is 24.1 Å². The monoisotopic (exact) mass is 523 g/mol. The highest BCUT2D eigenvalue weighted by atomic mass is 32.2. The fourth-order valence-corrected chi connectivity index (χ4v) is 5.94. The third kappa shape index (κ3) is 5.77. The maximum absolute atomic E-state index is 13.3. The Hall–Kier alpha value is -3.63.